The Morgan fingerprint density at radius 3 is 2.52 bits per heavy atom. The van der Waals surface area contributed by atoms with E-state index in [0.717, 1.165) is 0 Å². The lowest BCUT2D eigenvalue weighted by Gasteiger charge is -2.08. The first-order valence-electron chi connectivity index (χ1n) is 8.12. The standard InChI is InChI=1S/C20H13ClN4O2/c21-14-10-8-13(9-11-14)19(26)23-16-6-2-1-5-15(16)20-24-18(25-27-20)17-7-3-4-12-22-17/h1-12H,(H,23,26). The third-order valence-electron chi connectivity index (χ3n) is 3.83. The van der Waals surface area contributed by atoms with Crippen LogP contribution in [0.1, 0.15) is 10.4 Å². The van der Waals surface area contributed by atoms with Gasteiger partial charge in [0.05, 0.1) is 11.3 Å². The number of amides is 1. The van der Waals surface area contributed by atoms with Gasteiger partial charge in [-0.15, -0.1) is 0 Å². The van der Waals surface area contributed by atoms with Gasteiger partial charge in [0.1, 0.15) is 5.69 Å². The van der Waals surface area contributed by atoms with Crippen molar-refractivity contribution in [2.24, 2.45) is 0 Å². The molecule has 0 aliphatic rings. The van der Waals surface area contributed by atoms with Crippen LogP contribution >= 0.6 is 11.6 Å². The Kier molecular flexibility index (Phi) is 4.63. The molecule has 0 radical (unpaired) electrons. The molecule has 0 atom stereocenters. The minimum Gasteiger partial charge on any atom is -0.333 e. The van der Waals surface area contributed by atoms with Crippen LogP contribution in [0.5, 0.6) is 0 Å². The summed E-state index contributed by atoms with van der Waals surface area (Å²) >= 11 is 5.87. The molecule has 2 heterocycles. The van der Waals surface area contributed by atoms with Gasteiger partial charge >= 0.3 is 0 Å². The Hall–Kier alpha value is -3.51. The van der Waals surface area contributed by atoms with E-state index in [9.17, 15) is 4.79 Å². The molecule has 132 valence electrons. The number of halogens is 1. The summed E-state index contributed by atoms with van der Waals surface area (Å²) < 4.78 is 5.38. The van der Waals surface area contributed by atoms with Gasteiger partial charge in [0.2, 0.25) is 5.82 Å². The number of pyridine rings is 1. The van der Waals surface area contributed by atoms with Crippen LogP contribution < -0.4 is 5.32 Å². The van der Waals surface area contributed by atoms with Gasteiger partial charge < -0.3 is 9.84 Å². The summed E-state index contributed by atoms with van der Waals surface area (Å²) in [6, 6.07) is 19.3. The Labute approximate surface area is 159 Å². The van der Waals surface area contributed by atoms with Crippen molar-refractivity contribution < 1.29 is 9.32 Å². The average Bonchev–Trinajstić information content (AvgIpc) is 3.19. The monoisotopic (exact) mass is 376 g/mol. The maximum atomic E-state index is 12.5. The van der Waals surface area contributed by atoms with Crippen LogP contribution in [0.3, 0.4) is 0 Å². The van der Waals surface area contributed by atoms with Gasteiger partial charge in [-0.2, -0.15) is 4.98 Å². The number of carbonyl (C=O) groups excluding carboxylic acids is 1. The normalized spacial score (nSPS) is 10.6. The number of rotatable bonds is 4. The van der Waals surface area contributed by atoms with Crippen molar-refractivity contribution >= 4 is 23.2 Å². The quantitative estimate of drug-likeness (QED) is 0.558. The summed E-state index contributed by atoms with van der Waals surface area (Å²) in [5.74, 6) is 0.413. The molecule has 0 saturated heterocycles. The molecule has 1 amide bonds. The topological polar surface area (TPSA) is 80.9 Å². The maximum Gasteiger partial charge on any atom is 0.260 e. The van der Waals surface area contributed by atoms with E-state index in [1.807, 2.05) is 24.3 Å². The van der Waals surface area contributed by atoms with Gasteiger partial charge in [-0.3, -0.25) is 9.78 Å². The average molecular weight is 377 g/mol. The highest BCUT2D eigenvalue weighted by molar-refractivity contribution is 6.30. The summed E-state index contributed by atoms with van der Waals surface area (Å²) in [7, 11) is 0. The molecule has 6 nitrogen and oxygen atoms in total. The smallest absolute Gasteiger partial charge is 0.260 e. The number of carbonyl (C=O) groups is 1. The molecular formula is C20H13ClN4O2. The molecule has 27 heavy (non-hydrogen) atoms. The van der Waals surface area contributed by atoms with E-state index in [4.69, 9.17) is 16.1 Å². The van der Waals surface area contributed by atoms with E-state index in [-0.39, 0.29) is 5.91 Å². The molecule has 0 aliphatic carbocycles. The van der Waals surface area contributed by atoms with Crippen LogP contribution in [0.15, 0.2) is 77.4 Å². The lowest BCUT2D eigenvalue weighted by molar-refractivity contribution is 0.102. The van der Waals surface area contributed by atoms with Crippen molar-refractivity contribution in [3.8, 4) is 23.0 Å². The number of nitrogens with one attached hydrogen (secondary N) is 1. The Bertz CT molecular complexity index is 1080. The third kappa shape index (κ3) is 3.70. The second kappa shape index (κ2) is 7.39. The number of hydrogen-bond acceptors (Lipinski definition) is 5. The molecule has 0 fully saturated rings. The highest BCUT2D eigenvalue weighted by Crippen LogP contribution is 2.28. The van der Waals surface area contributed by atoms with Crippen LogP contribution in [-0.2, 0) is 0 Å². The van der Waals surface area contributed by atoms with Gasteiger partial charge in [0.15, 0.2) is 0 Å². The van der Waals surface area contributed by atoms with Crippen molar-refractivity contribution in [2.45, 2.75) is 0 Å². The van der Waals surface area contributed by atoms with Crippen LogP contribution in [0.2, 0.25) is 5.02 Å². The SMILES string of the molecule is O=C(Nc1ccccc1-c1nc(-c2ccccn2)no1)c1ccc(Cl)cc1. The van der Waals surface area contributed by atoms with Crippen molar-refractivity contribution in [2.75, 3.05) is 5.32 Å². The van der Waals surface area contributed by atoms with Gasteiger partial charge in [-0.1, -0.05) is 35.0 Å². The molecule has 0 aliphatic heterocycles. The van der Waals surface area contributed by atoms with Crippen LogP contribution in [-0.4, -0.2) is 21.0 Å². The van der Waals surface area contributed by atoms with Crippen molar-refractivity contribution in [3.05, 3.63) is 83.5 Å². The zero-order valence-corrected chi connectivity index (χ0v) is 14.7. The molecule has 1 N–H and O–H groups in total. The lowest BCUT2D eigenvalue weighted by Crippen LogP contribution is -2.12. The number of anilines is 1. The fourth-order valence-corrected chi connectivity index (χ4v) is 2.63. The summed E-state index contributed by atoms with van der Waals surface area (Å²) in [6.07, 6.45) is 1.66. The van der Waals surface area contributed by atoms with Gasteiger partial charge in [0.25, 0.3) is 11.8 Å². The second-order valence-electron chi connectivity index (χ2n) is 5.64. The second-order valence-corrected chi connectivity index (χ2v) is 6.08. The third-order valence-corrected chi connectivity index (χ3v) is 4.08. The van der Waals surface area contributed by atoms with E-state index in [2.05, 4.69) is 20.4 Å². The fourth-order valence-electron chi connectivity index (χ4n) is 2.51. The minimum absolute atomic E-state index is 0.261. The maximum absolute atomic E-state index is 12.5. The lowest BCUT2D eigenvalue weighted by atomic mass is 10.1. The first-order chi connectivity index (χ1) is 13.2. The molecule has 0 bridgehead atoms. The minimum atomic E-state index is -0.261. The first kappa shape index (κ1) is 16.9. The molecule has 4 rings (SSSR count). The zero-order valence-electron chi connectivity index (χ0n) is 14.0. The highest BCUT2D eigenvalue weighted by atomic mass is 35.5. The molecule has 2 aromatic carbocycles. The Morgan fingerprint density at radius 1 is 0.963 bits per heavy atom. The van der Waals surface area contributed by atoms with Gasteiger partial charge in [-0.05, 0) is 48.5 Å². The van der Waals surface area contributed by atoms with Gasteiger partial charge in [0, 0.05) is 16.8 Å². The van der Waals surface area contributed by atoms with Crippen molar-refractivity contribution in [1.29, 1.82) is 0 Å². The number of aromatic nitrogens is 3. The number of nitrogens with zero attached hydrogens (tertiary/aromatic N) is 3. The summed E-state index contributed by atoms with van der Waals surface area (Å²) in [4.78, 5) is 21.1. The summed E-state index contributed by atoms with van der Waals surface area (Å²) in [5, 5.41) is 7.41. The largest absolute Gasteiger partial charge is 0.333 e. The first-order valence-corrected chi connectivity index (χ1v) is 8.50. The van der Waals surface area contributed by atoms with Crippen LogP contribution in [0.25, 0.3) is 23.0 Å². The highest BCUT2D eigenvalue weighted by Gasteiger charge is 2.16. The van der Waals surface area contributed by atoms with E-state index < -0.39 is 0 Å². The van der Waals surface area contributed by atoms with Crippen molar-refractivity contribution in [1.82, 2.24) is 15.1 Å². The van der Waals surface area contributed by atoms with Crippen molar-refractivity contribution in [3.63, 3.8) is 0 Å². The van der Waals surface area contributed by atoms with Crippen LogP contribution in [0.4, 0.5) is 5.69 Å². The molecule has 0 spiro atoms. The zero-order chi connectivity index (χ0) is 18.6. The number of hydrogen-bond donors (Lipinski definition) is 1. The predicted octanol–water partition coefficient (Wildman–Crippen LogP) is 4.70. The molecule has 2 aromatic heterocycles. The Morgan fingerprint density at radius 2 is 1.74 bits per heavy atom. The van der Waals surface area contributed by atoms with Gasteiger partial charge in [-0.25, -0.2) is 0 Å². The van der Waals surface area contributed by atoms with E-state index in [1.54, 1.807) is 48.7 Å². The summed E-state index contributed by atoms with van der Waals surface area (Å²) in [6.45, 7) is 0. The molecular weight excluding hydrogens is 364 g/mol. The molecule has 7 heteroatoms. The number of para-hydroxylation sites is 1. The van der Waals surface area contributed by atoms with Crippen LogP contribution in [0, 0.1) is 0 Å². The van der Waals surface area contributed by atoms with E-state index in [0.29, 0.717) is 39.2 Å². The predicted molar refractivity (Wildman–Crippen MR) is 102 cm³/mol. The fraction of sp³-hybridized carbons (Fsp3) is 0. The summed E-state index contributed by atoms with van der Waals surface area (Å²) in [5.41, 5.74) is 2.28. The van der Waals surface area contributed by atoms with E-state index in [1.165, 1.54) is 0 Å². The molecule has 4 aromatic rings. The number of benzene rings is 2. The molecule has 0 unspecified atom stereocenters. The molecule has 0 saturated carbocycles. The Balaban J connectivity index is 1.63. The van der Waals surface area contributed by atoms with E-state index >= 15 is 0 Å².